The first kappa shape index (κ1) is 11.4. The lowest BCUT2D eigenvalue weighted by Gasteiger charge is -2.41. The molecule has 0 radical (unpaired) electrons. The summed E-state index contributed by atoms with van der Waals surface area (Å²) >= 11 is 0. The number of rotatable bonds is 1. The van der Waals surface area contributed by atoms with E-state index < -0.39 is 0 Å². The summed E-state index contributed by atoms with van der Waals surface area (Å²) < 4.78 is 0. The molecule has 2 aliphatic rings. The van der Waals surface area contributed by atoms with Gasteiger partial charge in [0.1, 0.15) is 0 Å². The number of nitrogens with one attached hydrogen (secondary N) is 1. The molecule has 1 aliphatic heterocycles. The minimum absolute atomic E-state index is 0.586. The Hall–Kier alpha value is -0.0800. The molecule has 1 unspecified atom stereocenters. The standard InChI is InChI=1S/C13H26N2/c1-13(2)6-3-5-12(11-13)15-9-4-7-14-8-10-15/h12,14H,3-11H2,1-2H3. The van der Waals surface area contributed by atoms with Gasteiger partial charge in [-0.3, -0.25) is 4.90 Å². The van der Waals surface area contributed by atoms with E-state index in [4.69, 9.17) is 0 Å². The van der Waals surface area contributed by atoms with Crippen LogP contribution in [0.1, 0.15) is 46.0 Å². The molecule has 15 heavy (non-hydrogen) atoms. The van der Waals surface area contributed by atoms with Crippen LogP contribution in [0.2, 0.25) is 0 Å². The van der Waals surface area contributed by atoms with Crippen LogP contribution in [0.4, 0.5) is 0 Å². The molecule has 1 saturated carbocycles. The molecule has 1 saturated heterocycles. The molecular weight excluding hydrogens is 184 g/mol. The van der Waals surface area contributed by atoms with E-state index >= 15 is 0 Å². The average Bonchev–Trinajstić information content (AvgIpc) is 2.44. The fraction of sp³-hybridized carbons (Fsp3) is 1.00. The van der Waals surface area contributed by atoms with Crippen molar-refractivity contribution in [1.29, 1.82) is 0 Å². The molecule has 1 heterocycles. The van der Waals surface area contributed by atoms with Gasteiger partial charge in [-0.05, 0) is 44.2 Å². The highest BCUT2D eigenvalue weighted by Gasteiger charge is 2.31. The van der Waals surface area contributed by atoms with Gasteiger partial charge < -0.3 is 5.32 Å². The quantitative estimate of drug-likeness (QED) is 0.714. The molecule has 2 rings (SSSR count). The average molecular weight is 210 g/mol. The van der Waals surface area contributed by atoms with Crippen LogP contribution in [-0.4, -0.2) is 37.1 Å². The maximum absolute atomic E-state index is 3.50. The zero-order chi connectivity index (χ0) is 10.7. The van der Waals surface area contributed by atoms with Crippen LogP contribution >= 0.6 is 0 Å². The highest BCUT2D eigenvalue weighted by molar-refractivity contribution is 4.86. The molecule has 0 aromatic carbocycles. The maximum atomic E-state index is 3.50. The fourth-order valence-corrected chi connectivity index (χ4v) is 3.20. The summed E-state index contributed by atoms with van der Waals surface area (Å²) in [5.74, 6) is 0. The van der Waals surface area contributed by atoms with Crippen molar-refractivity contribution in [2.24, 2.45) is 5.41 Å². The molecule has 1 N–H and O–H groups in total. The lowest BCUT2D eigenvalue weighted by atomic mass is 9.74. The van der Waals surface area contributed by atoms with Gasteiger partial charge in [0.25, 0.3) is 0 Å². The zero-order valence-electron chi connectivity index (χ0n) is 10.4. The first-order valence-electron chi connectivity index (χ1n) is 6.62. The second-order valence-electron chi connectivity index (χ2n) is 6.05. The molecule has 2 nitrogen and oxygen atoms in total. The van der Waals surface area contributed by atoms with Gasteiger partial charge in [-0.25, -0.2) is 0 Å². The van der Waals surface area contributed by atoms with Gasteiger partial charge in [-0.2, -0.15) is 0 Å². The van der Waals surface area contributed by atoms with E-state index in [0.717, 1.165) is 6.04 Å². The predicted molar refractivity (Wildman–Crippen MR) is 65.1 cm³/mol. The monoisotopic (exact) mass is 210 g/mol. The van der Waals surface area contributed by atoms with Crippen molar-refractivity contribution in [3.05, 3.63) is 0 Å². The van der Waals surface area contributed by atoms with Crippen molar-refractivity contribution in [2.45, 2.75) is 52.0 Å². The topological polar surface area (TPSA) is 15.3 Å². The highest BCUT2D eigenvalue weighted by Crippen LogP contribution is 2.37. The number of hydrogen-bond acceptors (Lipinski definition) is 2. The summed E-state index contributed by atoms with van der Waals surface area (Å²) in [6.07, 6.45) is 7.03. The van der Waals surface area contributed by atoms with Gasteiger partial charge in [-0.15, -0.1) is 0 Å². The lowest BCUT2D eigenvalue weighted by Crippen LogP contribution is -2.42. The Morgan fingerprint density at radius 1 is 1.13 bits per heavy atom. The Morgan fingerprint density at radius 3 is 2.80 bits per heavy atom. The summed E-state index contributed by atoms with van der Waals surface area (Å²) in [6, 6.07) is 0.869. The van der Waals surface area contributed by atoms with Crippen molar-refractivity contribution in [2.75, 3.05) is 26.2 Å². The van der Waals surface area contributed by atoms with E-state index in [0.29, 0.717) is 5.41 Å². The summed E-state index contributed by atoms with van der Waals surface area (Å²) in [5.41, 5.74) is 0.586. The molecule has 0 aromatic heterocycles. The zero-order valence-corrected chi connectivity index (χ0v) is 10.4. The van der Waals surface area contributed by atoms with E-state index in [1.165, 1.54) is 58.3 Å². The third-order valence-electron chi connectivity index (χ3n) is 4.07. The lowest BCUT2D eigenvalue weighted by molar-refractivity contribution is 0.0996. The molecule has 2 fully saturated rings. The Bertz CT molecular complexity index is 193. The van der Waals surface area contributed by atoms with Gasteiger partial charge in [0.15, 0.2) is 0 Å². The summed E-state index contributed by atoms with van der Waals surface area (Å²) in [7, 11) is 0. The normalized spacial score (nSPS) is 33.6. The molecule has 0 spiro atoms. The van der Waals surface area contributed by atoms with Gasteiger partial charge in [0.2, 0.25) is 0 Å². The number of nitrogens with zero attached hydrogens (tertiary/aromatic N) is 1. The Balaban J connectivity index is 1.90. The van der Waals surface area contributed by atoms with Gasteiger partial charge in [0, 0.05) is 19.1 Å². The maximum Gasteiger partial charge on any atom is 0.0110 e. The van der Waals surface area contributed by atoms with Crippen molar-refractivity contribution < 1.29 is 0 Å². The third kappa shape index (κ3) is 3.18. The molecule has 2 heteroatoms. The summed E-state index contributed by atoms with van der Waals surface area (Å²) in [5, 5.41) is 3.50. The van der Waals surface area contributed by atoms with Gasteiger partial charge >= 0.3 is 0 Å². The fourth-order valence-electron chi connectivity index (χ4n) is 3.20. The van der Waals surface area contributed by atoms with Crippen molar-refractivity contribution in [3.8, 4) is 0 Å². The Labute approximate surface area is 94.4 Å². The Kier molecular flexibility index (Phi) is 3.68. The van der Waals surface area contributed by atoms with E-state index in [2.05, 4.69) is 24.1 Å². The van der Waals surface area contributed by atoms with Crippen molar-refractivity contribution >= 4 is 0 Å². The van der Waals surface area contributed by atoms with Crippen LogP contribution in [0.25, 0.3) is 0 Å². The summed E-state index contributed by atoms with van der Waals surface area (Å²) in [4.78, 5) is 2.74. The van der Waals surface area contributed by atoms with Crippen LogP contribution in [0.5, 0.6) is 0 Å². The molecule has 0 amide bonds. The van der Waals surface area contributed by atoms with Gasteiger partial charge in [0.05, 0.1) is 0 Å². The predicted octanol–water partition coefficient (Wildman–Crippen LogP) is 2.25. The van der Waals surface area contributed by atoms with E-state index in [9.17, 15) is 0 Å². The van der Waals surface area contributed by atoms with Crippen LogP contribution in [-0.2, 0) is 0 Å². The summed E-state index contributed by atoms with van der Waals surface area (Å²) in [6.45, 7) is 9.86. The van der Waals surface area contributed by atoms with Crippen LogP contribution in [0, 0.1) is 5.41 Å². The SMILES string of the molecule is CC1(C)CCCC(N2CCCNCC2)C1. The first-order valence-corrected chi connectivity index (χ1v) is 6.62. The number of hydrogen-bond donors (Lipinski definition) is 1. The molecular formula is C13H26N2. The minimum Gasteiger partial charge on any atom is -0.315 e. The minimum atomic E-state index is 0.586. The molecule has 88 valence electrons. The molecule has 1 aliphatic carbocycles. The van der Waals surface area contributed by atoms with Gasteiger partial charge in [-0.1, -0.05) is 20.3 Å². The van der Waals surface area contributed by atoms with E-state index in [-0.39, 0.29) is 0 Å². The smallest absolute Gasteiger partial charge is 0.0110 e. The molecule has 1 atom stereocenters. The van der Waals surface area contributed by atoms with Crippen molar-refractivity contribution in [3.63, 3.8) is 0 Å². The second kappa shape index (κ2) is 4.84. The molecule has 0 aromatic rings. The van der Waals surface area contributed by atoms with Crippen molar-refractivity contribution in [1.82, 2.24) is 10.2 Å². The van der Waals surface area contributed by atoms with Crippen LogP contribution in [0.3, 0.4) is 0 Å². The van der Waals surface area contributed by atoms with Crippen LogP contribution in [0.15, 0.2) is 0 Å². The van der Waals surface area contributed by atoms with Crippen LogP contribution < -0.4 is 5.32 Å². The largest absolute Gasteiger partial charge is 0.315 e. The Morgan fingerprint density at radius 2 is 2.00 bits per heavy atom. The second-order valence-corrected chi connectivity index (χ2v) is 6.05. The van der Waals surface area contributed by atoms with E-state index in [1.54, 1.807) is 0 Å². The van der Waals surface area contributed by atoms with E-state index in [1.807, 2.05) is 0 Å². The highest BCUT2D eigenvalue weighted by atomic mass is 15.2. The first-order chi connectivity index (χ1) is 7.17. The third-order valence-corrected chi connectivity index (χ3v) is 4.07. The molecule has 0 bridgehead atoms.